The Kier molecular flexibility index (Phi) is 5.84. The lowest BCUT2D eigenvalue weighted by atomic mass is 10.3. The molecule has 0 saturated heterocycles. The van der Waals surface area contributed by atoms with Gasteiger partial charge in [0.05, 0.1) is 11.4 Å². The Bertz CT molecular complexity index is 539. The molecule has 8 heteroatoms. The second-order valence-electron chi connectivity index (χ2n) is 3.91. The topological polar surface area (TPSA) is 46.6 Å². The van der Waals surface area contributed by atoms with Crippen molar-refractivity contribution in [3.8, 4) is 0 Å². The normalized spacial score (nSPS) is 13.8. The van der Waals surface area contributed by atoms with Gasteiger partial charge in [-0.05, 0) is 12.1 Å². The maximum Gasteiger partial charge on any atom is 0.245 e. The number of alkyl halides is 1. The largest absolute Gasteiger partial charge is 0.383 e. The standard InChI is InChI=1S/C11H14BrF2NO3S/c1-15(6-8(12)7-18-2)19(16,17)11-4-3-9(13)5-10(11)14/h3-5,8H,6-7H2,1-2H3. The first-order valence-electron chi connectivity index (χ1n) is 5.33. The molecule has 0 aromatic heterocycles. The van der Waals surface area contributed by atoms with E-state index < -0.39 is 26.6 Å². The summed E-state index contributed by atoms with van der Waals surface area (Å²) >= 11 is 3.25. The summed E-state index contributed by atoms with van der Waals surface area (Å²) in [5.74, 6) is -1.93. The molecule has 4 nitrogen and oxygen atoms in total. The maximum absolute atomic E-state index is 13.5. The maximum atomic E-state index is 13.5. The summed E-state index contributed by atoms with van der Waals surface area (Å²) in [6.07, 6.45) is 0. The summed E-state index contributed by atoms with van der Waals surface area (Å²) < 4.78 is 56.4. The van der Waals surface area contributed by atoms with Crippen LogP contribution in [0.3, 0.4) is 0 Å². The van der Waals surface area contributed by atoms with Crippen LogP contribution >= 0.6 is 15.9 Å². The monoisotopic (exact) mass is 357 g/mol. The lowest BCUT2D eigenvalue weighted by molar-refractivity contribution is 0.195. The molecule has 1 unspecified atom stereocenters. The highest BCUT2D eigenvalue weighted by Gasteiger charge is 2.26. The lowest BCUT2D eigenvalue weighted by Crippen LogP contribution is -2.34. The highest BCUT2D eigenvalue weighted by molar-refractivity contribution is 9.09. The Hall–Kier alpha value is -0.570. The van der Waals surface area contributed by atoms with Crippen LogP contribution in [0.2, 0.25) is 0 Å². The molecule has 0 radical (unpaired) electrons. The average Bonchev–Trinajstić information content (AvgIpc) is 2.28. The summed E-state index contributed by atoms with van der Waals surface area (Å²) in [4.78, 5) is -0.769. The van der Waals surface area contributed by atoms with Gasteiger partial charge in [-0.25, -0.2) is 17.2 Å². The van der Waals surface area contributed by atoms with Crippen LogP contribution in [-0.4, -0.2) is 44.9 Å². The molecule has 0 spiro atoms. The van der Waals surface area contributed by atoms with Gasteiger partial charge in [0.2, 0.25) is 10.0 Å². The highest BCUT2D eigenvalue weighted by Crippen LogP contribution is 2.20. The van der Waals surface area contributed by atoms with Crippen molar-refractivity contribution in [1.82, 2.24) is 4.31 Å². The molecular formula is C11H14BrF2NO3S. The summed E-state index contributed by atoms with van der Waals surface area (Å²) in [6, 6.07) is 2.36. The van der Waals surface area contributed by atoms with Gasteiger partial charge in [0.1, 0.15) is 16.5 Å². The van der Waals surface area contributed by atoms with Crippen LogP contribution in [0.1, 0.15) is 0 Å². The summed E-state index contributed by atoms with van der Waals surface area (Å²) in [5, 5.41) is 0. The van der Waals surface area contributed by atoms with E-state index in [2.05, 4.69) is 15.9 Å². The molecule has 0 fully saturated rings. The third-order valence-electron chi connectivity index (χ3n) is 2.38. The Morgan fingerprint density at radius 3 is 2.58 bits per heavy atom. The van der Waals surface area contributed by atoms with E-state index in [1.807, 2.05) is 0 Å². The van der Waals surface area contributed by atoms with Gasteiger partial charge in [0.15, 0.2) is 0 Å². The van der Waals surface area contributed by atoms with Crippen LogP contribution in [0.25, 0.3) is 0 Å². The SMILES string of the molecule is COCC(Br)CN(C)S(=O)(=O)c1ccc(F)cc1F. The molecule has 0 bridgehead atoms. The van der Waals surface area contributed by atoms with Gasteiger partial charge in [-0.15, -0.1) is 0 Å². The average molecular weight is 358 g/mol. The smallest absolute Gasteiger partial charge is 0.245 e. The fourth-order valence-corrected chi connectivity index (χ4v) is 3.61. The Morgan fingerprint density at radius 1 is 1.42 bits per heavy atom. The number of ether oxygens (including phenoxy) is 1. The number of methoxy groups -OCH3 is 1. The first-order chi connectivity index (χ1) is 8.78. The van der Waals surface area contributed by atoms with E-state index >= 15 is 0 Å². The van der Waals surface area contributed by atoms with E-state index in [1.54, 1.807) is 0 Å². The minimum absolute atomic E-state index is 0.104. The van der Waals surface area contributed by atoms with Crippen molar-refractivity contribution in [1.29, 1.82) is 0 Å². The summed E-state index contributed by atoms with van der Waals surface area (Å²) in [7, 11) is -1.18. The van der Waals surface area contributed by atoms with Crippen LogP contribution in [-0.2, 0) is 14.8 Å². The van der Waals surface area contributed by atoms with E-state index in [-0.39, 0.29) is 11.4 Å². The van der Waals surface area contributed by atoms with Crippen LogP contribution in [0, 0.1) is 11.6 Å². The Morgan fingerprint density at radius 2 is 2.05 bits per heavy atom. The first-order valence-corrected chi connectivity index (χ1v) is 7.69. The molecule has 0 aliphatic rings. The molecule has 108 valence electrons. The second kappa shape index (κ2) is 6.74. The van der Waals surface area contributed by atoms with E-state index in [0.717, 1.165) is 16.4 Å². The van der Waals surface area contributed by atoms with Crippen LogP contribution in [0.4, 0.5) is 8.78 Å². The van der Waals surface area contributed by atoms with Crippen LogP contribution < -0.4 is 0 Å². The number of sulfonamides is 1. The second-order valence-corrected chi connectivity index (χ2v) is 7.22. The van der Waals surface area contributed by atoms with E-state index in [0.29, 0.717) is 12.7 Å². The molecular weight excluding hydrogens is 344 g/mol. The third-order valence-corrected chi connectivity index (χ3v) is 4.80. The molecule has 1 aromatic carbocycles. The van der Waals surface area contributed by atoms with Crippen molar-refractivity contribution < 1.29 is 21.9 Å². The van der Waals surface area contributed by atoms with Gasteiger partial charge in [0, 0.05) is 26.8 Å². The van der Waals surface area contributed by atoms with Gasteiger partial charge in [-0.2, -0.15) is 4.31 Å². The summed E-state index contributed by atoms with van der Waals surface area (Å²) in [6.45, 7) is 0.415. The summed E-state index contributed by atoms with van der Waals surface area (Å²) in [5.41, 5.74) is 0. The van der Waals surface area contributed by atoms with Crippen molar-refractivity contribution in [3.05, 3.63) is 29.8 Å². The predicted octanol–water partition coefficient (Wildman–Crippen LogP) is 2.00. The Balaban J connectivity index is 2.97. The molecule has 0 aliphatic carbocycles. The minimum atomic E-state index is -3.99. The highest BCUT2D eigenvalue weighted by atomic mass is 79.9. The quantitative estimate of drug-likeness (QED) is 0.731. The molecule has 0 N–H and O–H groups in total. The minimum Gasteiger partial charge on any atom is -0.383 e. The van der Waals surface area contributed by atoms with Crippen molar-refractivity contribution in [2.45, 2.75) is 9.72 Å². The third kappa shape index (κ3) is 4.20. The number of hydrogen-bond donors (Lipinski definition) is 0. The zero-order chi connectivity index (χ0) is 14.6. The zero-order valence-corrected chi connectivity index (χ0v) is 12.8. The van der Waals surface area contributed by atoms with Crippen molar-refractivity contribution in [2.24, 2.45) is 0 Å². The zero-order valence-electron chi connectivity index (χ0n) is 10.4. The molecule has 0 heterocycles. The number of hydrogen-bond acceptors (Lipinski definition) is 3. The van der Waals surface area contributed by atoms with Crippen molar-refractivity contribution in [3.63, 3.8) is 0 Å². The van der Waals surface area contributed by atoms with Gasteiger partial charge < -0.3 is 4.74 Å². The van der Waals surface area contributed by atoms with Crippen LogP contribution in [0.5, 0.6) is 0 Å². The molecule has 19 heavy (non-hydrogen) atoms. The number of rotatable bonds is 6. The van der Waals surface area contributed by atoms with Gasteiger partial charge in [-0.1, -0.05) is 15.9 Å². The molecule has 0 aliphatic heterocycles. The first kappa shape index (κ1) is 16.5. The fraction of sp³-hybridized carbons (Fsp3) is 0.455. The van der Waals surface area contributed by atoms with Gasteiger partial charge in [0.25, 0.3) is 0 Å². The number of halogens is 3. The van der Waals surface area contributed by atoms with E-state index in [4.69, 9.17) is 4.74 Å². The molecule has 0 saturated carbocycles. The molecule has 1 rings (SSSR count). The number of benzene rings is 1. The number of nitrogens with zero attached hydrogens (tertiary/aromatic N) is 1. The fourth-order valence-electron chi connectivity index (χ4n) is 1.46. The molecule has 0 amide bonds. The van der Waals surface area contributed by atoms with Crippen molar-refractivity contribution in [2.75, 3.05) is 27.3 Å². The molecule has 1 aromatic rings. The van der Waals surface area contributed by atoms with Crippen molar-refractivity contribution >= 4 is 26.0 Å². The molecule has 1 atom stereocenters. The lowest BCUT2D eigenvalue weighted by Gasteiger charge is -2.20. The van der Waals surface area contributed by atoms with E-state index in [1.165, 1.54) is 14.2 Å². The van der Waals surface area contributed by atoms with E-state index in [9.17, 15) is 17.2 Å². The Labute approximate surface area is 119 Å². The van der Waals surface area contributed by atoms with Gasteiger partial charge >= 0.3 is 0 Å². The van der Waals surface area contributed by atoms with Gasteiger partial charge in [-0.3, -0.25) is 0 Å². The predicted molar refractivity (Wildman–Crippen MR) is 70.8 cm³/mol. The van der Waals surface area contributed by atoms with Crippen LogP contribution in [0.15, 0.2) is 23.1 Å².